The van der Waals surface area contributed by atoms with E-state index in [1.807, 2.05) is 52.0 Å². The van der Waals surface area contributed by atoms with Crippen molar-refractivity contribution in [2.24, 2.45) is 0 Å². The third-order valence-electron chi connectivity index (χ3n) is 4.67. The van der Waals surface area contributed by atoms with E-state index in [1.54, 1.807) is 14.7 Å². The third-order valence-corrected chi connectivity index (χ3v) is 5.91. The van der Waals surface area contributed by atoms with Crippen LogP contribution in [0.4, 0.5) is 10.5 Å². The lowest BCUT2D eigenvalue weighted by Crippen LogP contribution is -2.56. The van der Waals surface area contributed by atoms with Crippen LogP contribution in [0.1, 0.15) is 27.7 Å². The number of hydrogen-bond donors (Lipinski definition) is 0. The van der Waals surface area contributed by atoms with Crippen LogP contribution in [-0.2, 0) is 14.3 Å². The van der Waals surface area contributed by atoms with Crippen LogP contribution in [0, 0.1) is 0 Å². The van der Waals surface area contributed by atoms with Crippen molar-refractivity contribution in [1.29, 1.82) is 0 Å². The maximum atomic E-state index is 13.1. The molecule has 3 rings (SSSR count). The minimum Gasteiger partial charge on any atom is -0.444 e. The van der Waals surface area contributed by atoms with Crippen LogP contribution in [0.25, 0.3) is 0 Å². The van der Waals surface area contributed by atoms with Crippen molar-refractivity contribution >= 4 is 35.4 Å². The first kappa shape index (κ1) is 20.5. The first-order valence-electron chi connectivity index (χ1n) is 9.55. The lowest BCUT2D eigenvalue weighted by Gasteiger charge is -2.38. The second kappa shape index (κ2) is 8.03. The summed E-state index contributed by atoms with van der Waals surface area (Å²) in [4.78, 5) is 44.1. The molecular weight excluding hydrogens is 378 g/mol. The molecule has 3 amide bonds. The molecule has 1 atom stereocenters. The second-order valence-corrected chi connectivity index (χ2v) is 8.99. The van der Waals surface area contributed by atoms with Gasteiger partial charge in [-0.05, 0) is 39.8 Å². The molecule has 7 nitrogen and oxygen atoms in total. The molecule has 2 aliphatic rings. The van der Waals surface area contributed by atoms with E-state index in [4.69, 9.17) is 4.74 Å². The quantitative estimate of drug-likeness (QED) is 0.708. The smallest absolute Gasteiger partial charge is 0.410 e. The number of carbonyl (C=O) groups excluding carboxylic acids is 3. The molecule has 2 heterocycles. The standard InChI is InChI=1S/C20H27N3O4S/c1-5-23-14-8-6-7-9-15(14)28-16(18(23)25)17(24)21-10-12-22(13-11-21)19(26)27-20(2,3)4/h6-9,16H,5,10-13H2,1-4H3. The summed E-state index contributed by atoms with van der Waals surface area (Å²) < 4.78 is 5.39. The molecule has 1 aromatic rings. The van der Waals surface area contributed by atoms with Crippen LogP contribution < -0.4 is 4.90 Å². The van der Waals surface area contributed by atoms with Crippen LogP contribution >= 0.6 is 11.8 Å². The zero-order chi connectivity index (χ0) is 20.5. The van der Waals surface area contributed by atoms with E-state index in [0.717, 1.165) is 10.6 Å². The van der Waals surface area contributed by atoms with Gasteiger partial charge in [-0.3, -0.25) is 9.59 Å². The minimum atomic E-state index is -0.775. The van der Waals surface area contributed by atoms with Gasteiger partial charge in [0.15, 0.2) is 5.25 Å². The Balaban J connectivity index is 1.66. The lowest BCUT2D eigenvalue weighted by atomic mass is 10.2. The number of anilines is 1. The van der Waals surface area contributed by atoms with Gasteiger partial charge in [-0.1, -0.05) is 12.1 Å². The van der Waals surface area contributed by atoms with Crippen LogP contribution in [0.5, 0.6) is 0 Å². The molecule has 1 saturated heterocycles. The summed E-state index contributed by atoms with van der Waals surface area (Å²) >= 11 is 1.31. The van der Waals surface area contributed by atoms with Crippen LogP contribution in [0.2, 0.25) is 0 Å². The predicted octanol–water partition coefficient (Wildman–Crippen LogP) is 2.59. The van der Waals surface area contributed by atoms with Gasteiger partial charge in [0.1, 0.15) is 5.60 Å². The highest BCUT2D eigenvalue weighted by atomic mass is 32.2. The summed E-state index contributed by atoms with van der Waals surface area (Å²) in [6.45, 7) is 9.52. The van der Waals surface area contributed by atoms with Gasteiger partial charge in [0, 0.05) is 37.6 Å². The van der Waals surface area contributed by atoms with E-state index in [1.165, 1.54) is 11.8 Å². The molecule has 1 fully saturated rings. The first-order chi connectivity index (χ1) is 13.2. The summed E-state index contributed by atoms with van der Waals surface area (Å²) in [7, 11) is 0. The molecule has 0 aliphatic carbocycles. The molecule has 0 radical (unpaired) electrons. The average Bonchev–Trinajstić information content (AvgIpc) is 2.66. The number of nitrogens with zero attached hydrogens (tertiary/aromatic N) is 3. The SMILES string of the molecule is CCN1C(=O)C(C(=O)N2CCN(C(=O)OC(C)(C)C)CC2)Sc2ccccc21. The highest BCUT2D eigenvalue weighted by Crippen LogP contribution is 2.39. The Morgan fingerprint density at radius 1 is 1.11 bits per heavy atom. The molecule has 0 aromatic heterocycles. The van der Waals surface area contributed by atoms with E-state index in [9.17, 15) is 14.4 Å². The van der Waals surface area contributed by atoms with Gasteiger partial charge in [-0.25, -0.2) is 4.79 Å². The van der Waals surface area contributed by atoms with E-state index in [-0.39, 0.29) is 17.9 Å². The Morgan fingerprint density at radius 3 is 2.32 bits per heavy atom. The van der Waals surface area contributed by atoms with Crippen LogP contribution in [0.3, 0.4) is 0 Å². The largest absolute Gasteiger partial charge is 0.444 e. The number of rotatable bonds is 2. The van der Waals surface area contributed by atoms with Crippen molar-refractivity contribution in [2.45, 2.75) is 43.4 Å². The molecule has 0 spiro atoms. The molecule has 0 N–H and O–H groups in total. The predicted molar refractivity (Wildman–Crippen MR) is 109 cm³/mol. The molecule has 1 unspecified atom stereocenters. The summed E-state index contributed by atoms with van der Waals surface area (Å²) in [6.07, 6.45) is -0.367. The summed E-state index contributed by atoms with van der Waals surface area (Å²) in [5.74, 6) is -0.363. The molecule has 28 heavy (non-hydrogen) atoms. The third kappa shape index (κ3) is 4.27. The Hall–Kier alpha value is -2.22. The number of ether oxygens (including phenoxy) is 1. The van der Waals surface area contributed by atoms with Gasteiger partial charge in [0.25, 0.3) is 0 Å². The fourth-order valence-corrected chi connectivity index (χ4v) is 4.49. The topological polar surface area (TPSA) is 70.2 Å². The zero-order valence-electron chi connectivity index (χ0n) is 16.8. The van der Waals surface area contributed by atoms with Crippen molar-refractivity contribution in [3.05, 3.63) is 24.3 Å². The van der Waals surface area contributed by atoms with Gasteiger partial charge in [-0.15, -0.1) is 11.8 Å². The summed E-state index contributed by atoms with van der Waals surface area (Å²) in [5, 5.41) is -0.775. The number of thioether (sulfide) groups is 1. The number of para-hydroxylation sites is 1. The van der Waals surface area contributed by atoms with Crippen molar-refractivity contribution < 1.29 is 19.1 Å². The van der Waals surface area contributed by atoms with Gasteiger partial charge >= 0.3 is 6.09 Å². The average molecular weight is 406 g/mol. The molecule has 1 aromatic carbocycles. The van der Waals surface area contributed by atoms with E-state index >= 15 is 0 Å². The van der Waals surface area contributed by atoms with Crippen molar-refractivity contribution in [1.82, 2.24) is 9.80 Å². The first-order valence-corrected chi connectivity index (χ1v) is 10.4. The maximum Gasteiger partial charge on any atom is 0.410 e. The molecule has 8 heteroatoms. The Labute approximate surface area is 170 Å². The molecule has 0 saturated carbocycles. The van der Waals surface area contributed by atoms with Gasteiger partial charge in [0.2, 0.25) is 11.8 Å². The molecular formula is C20H27N3O4S. The maximum absolute atomic E-state index is 13.1. The normalized spacial score (nSPS) is 20.1. The van der Waals surface area contributed by atoms with Crippen molar-refractivity contribution in [2.75, 3.05) is 37.6 Å². The van der Waals surface area contributed by atoms with Crippen molar-refractivity contribution in [3.63, 3.8) is 0 Å². The number of piperazine rings is 1. The Kier molecular flexibility index (Phi) is 5.88. The van der Waals surface area contributed by atoms with E-state index in [2.05, 4.69) is 0 Å². The number of benzene rings is 1. The van der Waals surface area contributed by atoms with E-state index in [0.29, 0.717) is 32.7 Å². The molecule has 0 bridgehead atoms. The lowest BCUT2D eigenvalue weighted by molar-refractivity contribution is -0.136. The van der Waals surface area contributed by atoms with Crippen molar-refractivity contribution in [3.8, 4) is 0 Å². The van der Waals surface area contributed by atoms with Crippen LogP contribution in [-0.4, -0.2) is 71.3 Å². The minimum absolute atomic E-state index is 0.175. The molecule has 2 aliphatic heterocycles. The summed E-state index contributed by atoms with van der Waals surface area (Å²) in [5.41, 5.74) is 0.311. The Morgan fingerprint density at radius 2 is 1.71 bits per heavy atom. The number of amides is 3. The Bertz CT molecular complexity index is 769. The van der Waals surface area contributed by atoms with Crippen LogP contribution in [0.15, 0.2) is 29.2 Å². The van der Waals surface area contributed by atoms with Gasteiger partial charge in [0.05, 0.1) is 5.69 Å². The zero-order valence-corrected chi connectivity index (χ0v) is 17.6. The highest BCUT2D eigenvalue weighted by molar-refractivity contribution is 8.01. The second-order valence-electron chi connectivity index (χ2n) is 7.84. The monoisotopic (exact) mass is 405 g/mol. The summed E-state index contributed by atoms with van der Waals surface area (Å²) in [6, 6.07) is 7.66. The van der Waals surface area contributed by atoms with Gasteiger partial charge in [-0.2, -0.15) is 0 Å². The van der Waals surface area contributed by atoms with Gasteiger partial charge < -0.3 is 19.4 Å². The highest BCUT2D eigenvalue weighted by Gasteiger charge is 2.40. The number of carbonyl (C=O) groups is 3. The fraction of sp³-hybridized carbons (Fsp3) is 0.550. The number of fused-ring (bicyclic) bond motifs is 1. The fourth-order valence-electron chi connectivity index (χ4n) is 3.30. The molecule has 152 valence electrons. The van der Waals surface area contributed by atoms with E-state index < -0.39 is 10.9 Å². The number of hydrogen-bond acceptors (Lipinski definition) is 5.